The van der Waals surface area contributed by atoms with Crippen LogP contribution in [0.25, 0.3) is 16.6 Å². The van der Waals surface area contributed by atoms with Gasteiger partial charge in [-0.1, -0.05) is 114 Å². The van der Waals surface area contributed by atoms with Crippen molar-refractivity contribution in [2.45, 2.75) is 168 Å². The molecule has 3 heterocycles. The summed E-state index contributed by atoms with van der Waals surface area (Å²) in [5.41, 5.74) is 10.5. The summed E-state index contributed by atoms with van der Waals surface area (Å²) in [6.45, 7) is 6.61. The van der Waals surface area contributed by atoms with Crippen molar-refractivity contribution in [3.05, 3.63) is 101 Å². The number of benzene rings is 1. The highest BCUT2D eigenvalue weighted by Crippen LogP contribution is 2.36. The first-order chi connectivity index (χ1) is 31.4. The zero-order valence-corrected chi connectivity index (χ0v) is 39.9. The third-order valence-electron chi connectivity index (χ3n) is 11.7. The van der Waals surface area contributed by atoms with Gasteiger partial charge in [0.15, 0.2) is 18.1 Å². The first-order valence-corrected chi connectivity index (χ1v) is 25.1. The topological polar surface area (TPSA) is 130 Å². The second-order valence-electron chi connectivity index (χ2n) is 17.4. The number of fused-ring (bicyclic) bond motifs is 1. The first-order valence-electron chi connectivity index (χ1n) is 24.7. The molecule has 64 heavy (non-hydrogen) atoms. The Balaban J connectivity index is 0.883. The van der Waals surface area contributed by atoms with Crippen molar-refractivity contribution in [1.82, 2.24) is 15.0 Å². The zero-order valence-electron chi connectivity index (χ0n) is 39.2. The second-order valence-corrected chi connectivity index (χ2v) is 17.8. The van der Waals surface area contributed by atoms with E-state index in [0.717, 1.165) is 77.9 Å². The Morgan fingerprint density at radius 2 is 1.25 bits per heavy atom. The predicted molar refractivity (Wildman–Crippen MR) is 263 cm³/mol. The minimum atomic E-state index is -0.460. The standard InChI is InChI=1S/C53H80ClN6O4/c1-45(61)64-53-49(41-50(54)48-31-23-33-58-52(48)53)51(55)44-60(56)36-19-15-11-7-3-5-9-13-17-21-38-63-40-26-30-47-28-24-35-59(43-47)34-18-14-10-6-2-4-8-12-16-20-37-62-39-25-29-46-27-22-32-57-42-46/h22-24,27-28,31-33,35,41-44H,2-21,25-26,29-30,34,36-40,55-56H2,1H3/q+1/b51-44-. The van der Waals surface area contributed by atoms with Crippen LogP contribution in [0.4, 0.5) is 0 Å². The van der Waals surface area contributed by atoms with E-state index in [-0.39, 0.29) is 5.75 Å². The molecule has 4 N–H and O–H groups in total. The fraction of sp³-hybridized carbons (Fsp3) is 0.585. The minimum absolute atomic E-state index is 0.285. The Labute approximate surface area is 390 Å². The van der Waals surface area contributed by atoms with Crippen molar-refractivity contribution in [1.29, 1.82) is 0 Å². The van der Waals surface area contributed by atoms with Crippen LogP contribution in [0.3, 0.4) is 0 Å². The molecular weight excluding hydrogens is 820 g/mol. The van der Waals surface area contributed by atoms with Gasteiger partial charge in [-0.3, -0.25) is 14.8 Å². The molecule has 0 unspecified atom stereocenters. The monoisotopic (exact) mass is 900 g/mol. The van der Waals surface area contributed by atoms with Crippen molar-refractivity contribution >= 4 is 34.2 Å². The second kappa shape index (κ2) is 33.4. The van der Waals surface area contributed by atoms with Gasteiger partial charge >= 0.3 is 5.97 Å². The smallest absolute Gasteiger partial charge is 0.308 e. The van der Waals surface area contributed by atoms with Crippen LogP contribution in [-0.2, 0) is 33.7 Å². The van der Waals surface area contributed by atoms with E-state index in [1.165, 1.54) is 127 Å². The number of halogens is 1. The molecular formula is C53H80ClN6O4+. The van der Waals surface area contributed by atoms with Gasteiger partial charge in [0.1, 0.15) is 12.1 Å². The third-order valence-corrected chi connectivity index (χ3v) is 12.0. The molecule has 3 aromatic heterocycles. The number of ether oxygens (including phenoxy) is 3. The molecule has 0 spiro atoms. The molecule has 0 bridgehead atoms. The number of aryl methyl sites for hydroxylation is 3. The number of nitrogens with two attached hydrogens (primary N) is 2. The number of rotatable bonds is 37. The normalized spacial score (nSPS) is 11.7. The number of aromatic nitrogens is 3. The van der Waals surface area contributed by atoms with E-state index in [4.69, 9.17) is 37.4 Å². The van der Waals surface area contributed by atoms with Gasteiger partial charge in [0, 0.05) is 93.7 Å². The van der Waals surface area contributed by atoms with Crippen LogP contribution in [0.2, 0.25) is 5.02 Å². The van der Waals surface area contributed by atoms with E-state index in [9.17, 15) is 4.79 Å². The first kappa shape index (κ1) is 52.5. The predicted octanol–water partition coefficient (Wildman–Crippen LogP) is 12.0. The van der Waals surface area contributed by atoms with E-state index >= 15 is 0 Å². The molecule has 0 aliphatic carbocycles. The van der Waals surface area contributed by atoms with Crippen LogP contribution in [0.1, 0.15) is 165 Å². The molecule has 0 amide bonds. The Bertz CT molecular complexity index is 1880. The van der Waals surface area contributed by atoms with Gasteiger partial charge in [0.2, 0.25) is 0 Å². The van der Waals surface area contributed by atoms with E-state index in [1.54, 1.807) is 29.5 Å². The Morgan fingerprint density at radius 1 is 0.703 bits per heavy atom. The summed E-state index contributed by atoms with van der Waals surface area (Å²) in [6, 6.07) is 13.9. The maximum Gasteiger partial charge on any atom is 0.308 e. The number of pyridine rings is 3. The average molecular weight is 901 g/mol. The lowest BCUT2D eigenvalue weighted by atomic mass is 10.1. The van der Waals surface area contributed by atoms with Crippen molar-refractivity contribution in [2.24, 2.45) is 11.6 Å². The summed E-state index contributed by atoms with van der Waals surface area (Å²) in [5.74, 6) is 6.08. The van der Waals surface area contributed by atoms with E-state index in [2.05, 4.69) is 45.1 Å². The summed E-state index contributed by atoms with van der Waals surface area (Å²) in [4.78, 5) is 20.4. The lowest BCUT2D eigenvalue weighted by molar-refractivity contribution is -0.697. The molecule has 10 nitrogen and oxygen atoms in total. The van der Waals surface area contributed by atoms with Gasteiger partial charge in [-0.05, 0) is 87.3 Å². The van der Waals surface area contributed by atoms with E-state index < -0.39 is 5.97 Å². The number of hydrogen-bond acceptors (Lipinski definition) is 9. The quantitative estimate of drug-likeness (QED) is 0.0113. The molecule has 0 aliphatic rings. The summed E-state index contributed by atoms with van der Waals surface area (Å²) in [7, 11) is 0. The van der Waals surface area contributed by atoms with Gasteiger partial charge in [0.25, 0.3) is 0 Å². The van der Waals surface area contributed by atoms with Crippen molar-refractivity contribution < 1.29 is 23.6 Å². The van der Waals surface area contributed by atoms with Crippen LogP contribution in [-0.4, -0.2) is 53.9 Å². The molecule has 4 aromatic rings. The molecule has 0 radical (unpaired) electrons. The minimum Gasteiger partial charge on any atom is -0.424 e. The van der Waals surface area contributed by atoms with Gasteiger partial charge in [-0.2, -0.15) is 0 Å². The molecule has 0 fully saturated rings. The van der Waals surface area contributed by atoms with E-state index in [0.29, 0.717) is 33.7 Å². The number of esters is 1. The molecule has 4 rings (SSSR count). The number of hydrazine groups is 1. The molecule has 11 heteroatoms. The Hall–Kier alpha value is -4.09. The number of unbranched alkanes of at least 4 members (excludes halogenated alkanes) is 18. The van der Waals surface area contributed by atoms with Crippen LogP contribution in [0, 0.1) is 0 Å². The van der Waals surface area contributed by atoms with Crippen LogP contribution >= 0.6 is 11.6 Å². The van der Waals surface area contributed by atoms with Crippen molar-refractivity contribution in [2.75, 3.05) is 33.0 Å². The number of carbonyl (C=O) groups is 1. The van der Waals surface area contributed by atoms with Gasteiger partial charge in [-0.25, -0.2) is 10.4 Å². The highest BCUT2D eigenvalue weighted by atomic mass is 35.5. The molecule has 0 saturated carbocycles. The van der Waals surface area contributed by atoms with Crippen LogP contribution in [0.15, 0.2) is 79.6 Å². The lowest BCUT2D eigenvalue weighted by Gasteiger charge is -2.17. The van der Waals surface area contributed by atoms with Gasteiger partial charge < -0.3 is 25.0 Å². The highest BCUT2D eigenvalue weighted by Gasteiger charge is 2.18. The molecule has 0 saturated heterocycles. The maximum atomic E-state index is 11.8. The molecule has 352 valence electrons. The molecule has 0 atom stereocenters. The summed E-state index contributed by atoms with van der Waals surface area (Å²) < 4.78 is 19.7. The highest BCUT2D eigenvalue weighted by molar-refractivity contribution is 6.36. The Kier molecular flexibility index (Phi) is 27.4. The fourth-order valence-corrected chi connectivity index (χ4v) is 8.41. The SMILES string of the molecule is CC(=O)Oc1c(/C(N)=C/N(N)CCCCCCCCCCCCOCCCc2ccc[n+](CCCCCCCCCCCCOCCCc3cccnc3)c2)cc(Cl)c2cccnc12. The van der Waals surface area contributed by atoms with Crippen molar-refractivity contribution in [3.8, 4) is 5.75 Å². The average Bonchev–Trinajstić information content (AvgIpc) is 3.30. The van der Waals surface area contributed by atoms with Crippen LogP contribution in [0.5, 0.6) is 5.75 Å². The summed E-state index contributed by atoms with van der Waals surface area (Å²) in [6.07, 6.45) is 41.2. The van der Waals surface area contributed by atoms with Gasteiger partial charge in [-0.15, -0.1) is 0 Å². The Morgan fingerprint density at radius 3 is 1.86 bits per heavy atom. The number of hydrogen-bond donors (Lipinski definition) is 2. The van der Waals surface area contributed by atoms with Crippen LogP contribution < -0.4 is 20.9 Å². The molecule has 0 aliphatic heterocycles. The third kappa shape index (κ3) is 22.7. The maximum absolute atomic E-state index is 11.8. The molecule has 1 aromatic carbocycles. The largest absolute Gasteiger partial charge is 0.424 e. The summed E-state index contributed by atoms with van der Waals surface area (Å²) >= 11 is 6.50. The van der Waals surface area contributed by atoms with E-state index in [1.807, 2.05) is 24.5 Å². The summed E-state index contributed by atoms with van der Waals surface area (Å²) in [5, 5.41) is 2.75. The zero-order chi connectivity index (χ0) is 45.3. The lowest BCUT2D eigenvalue weighted by Crippen LogP contribution is -2.33. The van der Waals surface area contributed by atoms with Gasteiger partial charge in [0.05, 0.1) is 10.7 Å². The number of nitrogens with zero attached hydrogens (tertiary/aromatic N) is 4. The van der Waals surface area contributed by atoms with Crippen molar-refractivity contribution in [3.63, 3.8) is 0 Å². The fourth-order valence-electron chi connectivity index (χ4n) is 8.15. The number of carbonyl (C=O) groups excluding carboxylic acids is 1.